The van der Waals surface area contributed by atoms with Gasteiger partial charge in [0.15, 0.2) is 0 Å². The van der Waals surface area contributed by atoms with Gasteiger partial charge in [-0.2, -0.15) is 0 Å². The molecule has 0 aromatic carbocycles. The Hall–Kier alpha value is -0.580. The Morgan fingerprint density at radius 3 is 2.23 bits per heavy atom. The smallest absolute Gasteiger partial charge is 0.292 e. The SMILES string of the molecule is CCN=C(COC(F)(F)F)C(C)C. The molecule has 13 heavy (non-hydrogen) atoms. The summed E-state index contributed by atoms with van der Waals surface area (Å²) in [5, 5.41) is 0. The molecule has 0 heterocycles. The molecular formula is C8H14F3NO. The number of hydrogen-bond donors (Lipinski definition) is 0. The summed E-state index contributed by atoms with van der Waals surface area (Å²) in [6, 6.07) is 0. The van der Waals surface area contributed by atoms with E-state index in [1.165, 1.54) is 0 Å². The lowest BCUT2D eigenvalue weighted by Gasteiger charge is -2.12. The van der Waals surface area contributed by atoms with E-state index in [0.717, 1.165) is 0 Å². The van der Waals surface area contributed by atoms with Gasteiger partial charge in [0, 0.05) is 12.3 Å². The number of alkyl halides is 3. The van der Waals surface area contributed by atoms with Crippen molar-refractivity contribution in [3.8, 4) is 0 Å². The summed E-state index contributed by atoms with van der Waals surface area (Å²) in [5.74, 6) is -0.0118. The largest absolute Gasteiger partial charge is 0.522 e. The normalized spacial score (nSPS) is 13.9. The molecule has 0 aliphatic carbocycles. The molecule has 78 valence electrons. The molecule has 0 aromatic heterocycles. The van der Waals surface area contributed by atoms with E-state index in [4.69, 9.17) is 0 Å². The third-order valence-corrected chi connectivity index (χ3v) is 1.41. The number of hydrogen-bond acceptors (Lipinski definition) is 2. The van der Waals surface area contributed by atoms with Crippen LogP contribution < -0.4 is 0 Å². The Kier molecular flexibility index (Phi) is 4.98. The van der Waals surface area contributed by atoms with Gasteiger partial charge >= 0.3 is 6.36 Å². The topological polar surface area (TPSA) is 21.6 Å². The Balaban J connectivity index is 4.06. The molecule has 5 heteroatoms. The molecule has 0 N–H and O–H groups in total. The number of rotatable bonds is 4. The number of nitrogens with zero attached hydrogens (tertiary/aromatic N) is 1. The molecule has 0 radical (unpaired) electrons. The maximum atomic E-state index is 11.6. The van der Waals surface area contributed by atoms with Crippen LogP contribution in [-0.4, -0.2) is 25.2 Å². The minimum Gasteiger partial charge on any atom is -0.292 e. The highest BCUT2D eigenvalue weighted by atomic mass is 19.4. The van der Waals surface area contributed by atoms with E-state index >= 15 is 0 Å². The third-order valence-electron chi connectivity index (χ3n) is 1.41. The van der Waals surface area contributed by atoms with Gasteiger partial charge in [-0.15, -0.1) is 13.2 Å². The molecule has 0 amide bonds. The van der Waals surface area contributed by atoms with Crippen molar-refractivity contribution < 1.29 is 17.9 Å². The highest BCUT2D eigenvalue weighted by Gasteiger charge is 2.29. The van der Waals surface area contributed by atoms with E-state index in [1.54, 1.807) is 20.8 Å². The first-order valence-electron chi connectivity index (χ1n) is 4.10. The highest BCUT2D eigenvalue weighted by Crippen LogP contribution is 2.16. The van der Waals surface area contributed by atoms with Crippen molar-refractivity contribution in [2.45, 2.75) is 27.1 Å². The third kappa shape index (κ3) is 6.57. The molecule has 0 unspecified atom stereocenters. The lowest BCUT2D eigenvalue weighted by atomic mass is 10.1. The van der Waals surface area contributed by atoms with E-state index < -0.39 is 13.0 Å². The van der Waals surface area contributed by atoms with Gasteiger partial charge in [0.1, 0.15) is 0 Å². The molecule has 0 atom stereocenters. The number of ether oxygens (including phenoxy) is 1. The summed E-state index contributed by atoms with van der Waals surface area (Å²) in [6.45, 7) is 5.36. The van der Waals surface area contributed by atoms with Crippen molar-refractivity contribution in [3.05, 3.63) is 0 Å². The monoisotopic (exact) mass is 197 g/mol. The van der Waals surface area contributed by atoms with Crippen molar-refractivity contribution in [2.24, 2.45) is 10.9 Å². The van der Waals surface area contributed by atoms with Crippen LogP contribution in [0.4, 0.5) is 13.2 Å². The standard InChI is InChI=1S/C8H14F3NO/c1-4-12-7(6(2)3)5-13-8(9,10)11/h6H,4-5H2,1-3H3. The molecule has 0 fully saturated rings. The molecule has 0 rings (SSSR count). The molecule has 0 aliphatic heterocycles. The van der Waals surface area contributed by atoms with Gasteiger partial charge in [-0.25, -0.2) is 0 Å². The molecule has 0 spiro atoms. The zero-order chi connectivity index (χ0) is 10.5. The van der Waals surface area contributed by atoms with Gasteiger partial charge in [0.25, 0.3) is 0 Å². The number of halogens is 3. The van der Waals surface area contributed by atoms with Gasteiger partial charge in [0.05, 0.1) is 6.61 Å². The van der Waals surface area contributed by atoms with E-state index in [-0.39, 0.29) is 5.92 Å². The molecule has 0 aliphatic rings. The summed E-state index contributed by atoms with van der Waals surface area (Å²) < 4.78 is 38.6. The second-order valence-electron chi connectivity index (χ2n) is 2.85. The fourth-order valence-corrected chi connectivity index (χ4v) is 0.754. The second kappa shape index (κ2) is 5.21. The average Bonchev–Trinajstić information content (AvgIpc) is 1.95. The first-order chi connectivity index (χ1) is 5.87. The van der Waals surface area contributed by atoms with Crippen molar-refractivity contribution in [3.63, 3.8) is 0 Å². The van der Waals surface area contributed by atoms with Crippen molar-refractivity contribution >= 4 is 5.71 Å². The molecule has 2 nitrogen and oxygen atoms in total. The zero-order valence-electron chi connectivity index (χ0n) is 7.98. The van der Waals surface area contributed by atoms with E-state index in [1.807, 2.05) is 0 Å². The summed E-state index contributed by atoms with van der Waals surface area (Å²) in [6.07, 6.45) is -4.57. The molecule has 0 aromatic rings. The van der Waals surface area contributed by atoms with Crippen molar-refractivity contribution in [1.29, 1.82) is 0 Å². The molecule has 0 saturated carbocycles. The van der Waals surface area contributed by atoms with Crippen molar-refractivity contribution in [1.82, 2.24) is 0 Å². The van der Waals surface area contributed by atoms with Crippen LogP contribution >= 0.6 is 0 Å². The first-order valence-corrected chi connectivity index (χ1v) is 4.10. The maximum Gasteiger partial charge on any atom is 0.522 e. The minimum absolute atomic E-state index is 0.0118. The Morgan fingerprint density at radius 1 is 1.38 bits per heavy atom. The molecule has 0 saturated heterocycles. The average molecular weight is 197 g/mol. The predicted molar refractivity (Wildman–Crippen MR) is 44.8 cm³/mol. The molecule has 0 bridgehead atoms. The quantitative estimate of drug-likeness (QED) is 0.635. The number of aliphatic imine (C=N–C) groups is 1. The summed E-state index contributed by atoms with van der Waals surface area (Å²) in [4.78, 5) is 3.92. The second-order valence-corrected chi connectivity index (χ2v) is 2.85. The van der Waals surface area contributed by atoms with E-state index in [2.05, 4.69) is 9.73 Å². The Bertz CT molecular complexity index is 175. The molecular weight excluding hydrogens is 183 g/mol. The fourth-order valence-electron chi connectivity index (χ4n) is 0.754. The summed E-state index contributed by atoms with van der Waals surface area (Å²) >= 11 is 0. The predicted octanol–water partition coefficient (Wildman–Crippen LogP) is 2.64. The fraction of sp³-hybridized carbons (Fsp3) is 0.875. The van der Waals surface area contributed by atoms with Crippen LogP contribution in [0.15, 0.2) is 4.99 Å². The van der Waals surface area contributed by atoms with E-state index in [9.17, 15) is 13.2 Å². The van der Waals surface area contributed by atoms with Gasteiger partial charge < -0.3 is 0 Å². The lowest BCUT2D eigenvalue weighted by molar-refractivity contribution is -0.318. The lowest BCUT2D eigenvalue weighted by Crippen LogP contribution is -2.23. The Morgan fingerprint density at radius 2 is 1.92 bits per heavy atom. The van der Waals surface area contributed by atoms with Gasteiger partial charge in [-0.05, 0) is 12.8 Å². The van der Waals surface area contributed by atoms with Gasteiger partial charge in [-0.1, -0.05) is 13.8 Å². The van der Waals surface area contributed by atoms with Crippen molar-refractivity contribution in [2.75, 3.05) is 13.2 Å². The van der Waals surface area contributed by atoms with Crippen LogP contribution in [0, 0.1) is 5.92 Å². The van der Waals surface area contributed by atoms with Crippen LogP contribution in [0.2, 0.25) is 0 Å². The van der Waals surface area contributed by atoms with Gasteiger partial charge in [0.2, 0.25) is 0 Å². The zero-order valence-corrected chi connectivity index (χ0v) is 7.98. The maximum absolute atomic E-state index is 11.6. The van der Waals surface area contributed by atoms with Crippen LogP contribution in [0.5, 0.6) is 0 Å². The van der Waals surface area contributed by atoms with Crippen LogP contribution in [0.1, 0.15) is 20.8 Å². The van der Waals surface area contributed by atoms with Crippen LogP contribution in [0.3, 0.4) is 0 Å². The summed E-state index contributed by atoms with van der Waals surface area (Å²) in [5.41, 5.74) is 0.444. The van der Waals surface area contributed by atoms with E-state index in [0.29, 0.717) is 12.3 Å². The summed E-state index contributed by atoms with van der Waals surface area (Å²) in [7, 11) is 0. The minimum atomic E-state index is -4.57. The van der Waals surface area contributed by atoms with Crippen LogP contribution in [0.25, 0.3) is 0 Å². The van der Waals surface area contributed by atoms with Crippen LogP contribution in [-0.2, 0) is 4.74 Å². The first kappa shape index (κ1) is 12.4. The highest BCUT2D eigenvalue weighted by molar-refractivity contribution is 5.87. The Labute approximate surface area is 75.8 Å². The van der Waals surface area contributed by atoms with Gasteiger partial charge in [-0.3, -0.25) is 9.73 Å².